The van der Waals surface area contributed by atoms with Crippen LogP contribution in [0, 0.1) is 0 Å². The third-order valence-electron chi connectivity index (χ3n) is 5.52. The molecule has 146 valence electrons. The summed E-state index contributed by atoms with van der Waals surface area (Å²) in [6.07, 6.45) is 5.79. The fourth-order valence-electron chi connectivity index (χ4n) is 4.02. The first kappa shape index (κ1) is 18.3. The smallest absolute Gasteiger partial charge is 0.293 e. The fraction of sp³-hybridized carbons (Fsp3) is 0.571. The summed E-state index contributed by atoms with van der Waals surface area (Å²) < 4.78 is 11.9. The van der Waals surface area contributed by atoms with Gasteiger partial charge in [-0.05, 0) is 57.3 Å². The molecule has 3 heterocycles. The average Bonchev–Trinajstić information content (AvgIpc) is 2.73. The molecule has 3 aliphatic heterocycles. The number of ether oxygens (including phenoxy) is 2. The van der Waals surface area contributed by atoms with Gasteiger partial charge in [-0.1, -0.05) is 18.6 Å². The third kappa shape index (κ3) is 4.12. The van der Waals surface area contributed by atoms with E-state index in [2.05, 4.69) is 4.90 Å². The molecule has 4 rings (SSSR count). The number of likely N-dealkylation sites (tertiary alicyclic amines) is 2. The number of aliphatic hydroxyl groups is 1. The Hall–Kier alpha value is -2.05. The summed E-state index contributed by atoms with van der Waals surface area (Å²) in [6.45, 7) is 3.84. The summed E-state index contributed by atoms with van der Waals surface area (Å²) >= 11 is 0. The molecule has 1 aromatic carbocycles. The number of β-amino-alcohol motifs (C(OH)–C–C–N with tert-alkyl or cyclic N) is 1. The Morgan fingerprint density at radius 3 is 2.19 bits per heavy atom. The first-order valence-corrected chi connectivity index (χ1v) is 10.1. The fourth-order valence-corrected chi connectivity index (χ4v) is 4.02. The van der Waals surface area contributed by atoms with Gasteiger partial charge in [0.05, 0.1) is 0 Å². The zero-order valence-corrected chi connectivity index (χ0v) is 15.7. The molecule has 1 amide bonds. The molecule has 6 heteroatoms. The van der Waals surface area contributed by atoms with Gasteiger partial charge in [-0.25, -0.2) is 0 Å². The quantitative estimate of drug-likeness (QED) is 0.880. The van der Waals surface area contributed by atoms with Crippen LogP contribution in [0.2, 0.25) is 0 Å². The second-order valence-electron chi connectivity index (χ2n) is 7.57. The number of aliphatic hydroxyl groups excluding tert-OH is 1. The van der Waals surface area contributed by atoms with Gasteiger partial charge in [0.25, 0.3) is 5.91 Å². The van der Waals surface area contributed by atoms with Crippen LogP contribution in [0.1, 0.15) is 38.5 Å². The van der Waals surface area contributed by atoms with Crippen molar-refractivity contribution in [1.29, 1.82) is 0 Å². The number of fused-ring (bicyclic) bond motifs is 1. The molecule has 0 aliphatic carbocycles. The van der Waals surface area contributed by atoms with Crippen molar-refractivity contribution in [3.8, 4) is 11.5 Å². The van der Waals surface area contributed by atoms with Crippen molar-refractivity contribution in [2.45, 2.75) is 44.6 Å². The summed E-state index contributed by atoms with van der Waals surface area (Å²) in [4.78, 5) is 17.1. The van der Waals surface area contributed by atoms with E-state index in [1.807, 2.05) is 17.0 Å². The maximum Gasteiger partial charge on any atom is 0.293 e. The second kappa shape index (κ2) is 8.31. The molecule has 0 aromatic heterocycles. The van der Waals surface area contributed by atoms with Crippen molar-refractivity contribution < 1.29 is 19.4 Å². The highest BCUT2D eigenvalue weighted by atomic mass is 16.6. The normalized spacial score (nSPS) is 21.9. The minimum atomic E-state index is -0.889. The number of amides is 1. The van der Waals surface area contributed by atoms with E-state index < -0.39 is 6.10 Å². The van der Waals surface area contributed by atoms with Crippen molar-refractivity contribution in [3.05, 3.63) is 35.8 Å². The molecule has 6 nitrogen and oxygen atoms in total. The Bertz CT molecular complexity index is 706. The third-order valence-corrected chi connectivity index (χ3v) is 5.52. The Morgan fingerprint density at radius 1 is 0.926 bits per heavy atom. The SMILES string of the molecule is O=C(C1=C(C(O)CN2CCCCC2)Oc2ccccc2O1)N1CCCCC1. The molecule has 0 bridgehead atoms. The van der Waals surface area contributed by atoms with Gasteiger partial charge in [0, 0.05) is 19.6 Å². The van der Waals surface area contributed by atoms with Crippen LogP contribution in [-0.2, 0) is 4.79 Å². The van der Waals surface area contributed by atoms with Gasteiger partial charge in [-0.2, -0.15) is 0 Å². The van der Waals surface area contributed by atoms with Crippen LogP contribution in [0.15, 0.2) is 35.8 Å². The van der Waals surface area contributed by atoms with E-state index in [9.17, 15) is 9.90 Å². The van der Waals surface area contributed by atoms with Crippen LogP contribution in [0.25, 0.3) is 0 Å². The first-order chi connectivity index (χ1) is 13.2. The van der Waals surface area contributed by atoms with E-state index in [0.29, 0.717) is 18.0 Å². The molecule has 3 aliphatic rings. The first-order valence-electron chi connectivity index (χ1n) is 10.1. The van der Waals surface area contributed by atoms with Crippen molar-refractivity contribution in [2.75, 3.05) is 32.7 Å². The number of carbonyl (C=O) groups excluding carboxylic acids is 1. The molecule has 0 spiro atoms. The van der Waals surface area contributed by atoms with Gasteiger partial charge in [0.2, 0.25) is 5.76 Å². The van der Waals surface area contributed by atoms with Crippen LogP contribution in [0.3, 0.4) is 0 Å². The lowest BCUT2D eigenvalue weighted by atomic mass is 10.1. The zero-order valence-electron chi connectivity index (χ0n) is 15.7. The molecule has 1 atom stereocenters. The van der Waals surface area contributed by atoms with Crippen molar-refractivity contribution in [3.63, 3.8) is 0 Å². The minimum absolute atomic E-state index is 0.139. The minimum Gasteiger partial charge on any atom is -0.451 e. The maximum absolute atomic E-state index is 13.1. The van der Waals surface area contributed by atoms with Crippen molar-refractivity contribution >= 4 is 5.91 Å². The molecule has 1 aromatic rings. The van der Waals surface area contributed by atoms with Crippen LogP contribution in [0.4, 0.5) is 0 Å². The summed E-state index contributed by atoms with van der Waals surface area (Å²) in [5.74, 6) is 1.26. The lowest BCUT2D eigenvalue weighted by Gasteiger charge is -2.33. The number of hydrogen-bond donors (Lipinski definition) is 1. The lowest BCUT2D eigenvalue weighted by molar-refractivity contribution is -0.131. The molecular formula is C21H28N2O4. The summed E-state index contributed by atoms with van der Waals surface area (Å²) in [5.41, 5.74) is 0. The highest BCUT2D eigenvalue weighted by Gasteiger charge is 2.34. The highest BCUT2D eigenvalue weighted by molar-refractivity contribution is 5.93. The van der Waals surface area contributed by atoms with E-state index in [0.717, 1.165) is 58.3 Å². The van der Waals surface area contributed by atoms with Gasteiger partial charge >= 0.3 is 0 Å². The Labute approximate surface area is 160 Å². The monoisotopic (exact) mass is 372 g/mol. The number of rotatable bonds is 4. The van der Waals surface area contributed by atoms with Crippen molar-refractivity contribution in [1.82, 2.24) is 9.80 Å². The molecule has 2 saturated heterocycles. The molecule has 0 radical (unpaired) electrons. The Kier molecular flexibility index (Phi) is 5.64. The molecular weight excluding hydrogens is 344 g/mol. The van der Waals surface area contributed by atoms with Crippen LogP contribution in [-0.4, -0.2) is 59.6 Å². The molecule has 0 saturated carbocycles. The van der Waals surface area contributed by atoms with Crippen LogP contribution in [0.5, 0.6) is 11.5 Å². The van der Waals surface area contributed by atoms with Crippen LogP contribution < -0.4 is 9.47 Å². The Balaban J connectivity index is 1.59. The van der Waals surface area contributed by atoms with Gasteiger partial charge < -0.3 is 24.4 Å². The molecule has 1 N–H and O–H groups in total. The van der Waals surface area contributed by atoms with Gasteiger partial charge in [0.15, 0.2) is 17.3 Å². The highest BCUT2D eigenvalue weighted by Crippen LogP contribution is 2.36. The number of hydrogen-bond acceptors (Lipinski definition) is 5. The maximum atomic E-state index is 13.1. The topological polar surface area (TPSA) is 62.2 Å². The molecule has 1 unspecified atom stereocenters. The predicted molar refractivity (Wildman–Crippen MR) is 101 cm³/mol. The van der Waals surface area contributed by atoms with Crippen molar-refractivity contribution in [2.24, 2.45) is 0 Å². The Morgan fingerprint density at radius 2 is 1.52 bits per heavy atom. The van der Waals surface area contributed by atoms with E-state index in [4.69, 9.17) is 9.47 Å². The zero-order chi connectivity index (χ0) is 18.6. The number of piperidine rings is 2. The van der Waals surface area contributed by atoms with E-state index in [1.54, 1.807) is 12.1 Å². The lowest BCUT2D eigenvalue weighted by Crippen LogP contribution is -2.42. The number of nitrogens with zero attached hydrogens (tertiary/aromatic N) is 2. The van der Waals surface area contributed by atoms with Gasteiger partial charge in [-0.3, -0.25) is 4.79 Å². The summed E-state index contributed by atoms with van der Waals surface area (Å²) in [5, 5.41) is 10.9. The van der Waals surface area contributed by atoms with Gasteiger partial charge in [-0.15, -0.1) is 0 Å². The van der Waals surface area contributed by atoms with Gasteiger partial charge in [0.1, 0.15) is 6.10 Å². The number of carbonyl (C=O) groups is 1. The van der Waals surface area contributed by atoms with E-state index in [-0.39, 0.29) is 17.4 Å². The van der Waals surface area contributed by atoms with Crippen LogP contribution >= 0.6 is 0 Å². The predicted octanol–water partition coefficient (Wildman–Crippen LogP) is 2.53. The van der Waals surface area contributed by atoms with E-state index in [1.165, 1.54) is 6.42 Å². The second-order valence-corrected chi connectivity index (χ2v) is 7.57. The van der Waals surface area contributed by atoms with E-state index >= 15 is 0 Å². The summed E-state index contributed by atoms with van der Waals surface area (Å²) in [7, 11) is 0. The average molecular weight is 372 g/mol. The standard InChI is InChI=1S/C21H28N2O4/c24-16(15-22-11-5-1-6-12-22)19-20(21(25)23-13-7-2-8-14-23)27-18-10-4-3-9-17(18)26-19/h3-4,9-10,16,24H,1-2,5-8,11-15H2. The number of para-hydroxylation sites is 2. The summed E-state index contributed by atoms with van der Waals surface area (Å²) in [6, 6.07) is 7.28. The molecule has 2 fully saturated rings. The largest absolute Gasteiger partial charge is 0.451 e. The number of benzene rings is 1. The molecule has 27 heavy (non-hydrogen) atoms.